The van der Waals surface area contributed by atoms with Gasteiger partial charge in [-0.05, 0) is 23.6 Å². The van der Waals surface area contributed by atoms with Crippen LogP contribution in [0.1, 0.15) is 27.4 Å². The third-order valence-corrected chi connectivity index (χ3v) is 6.82. The Morgan fingerprint density at radius 3 is 2.41 bits per heavy atom. The van der Waals surface area contributed by atoms with Gasteiger partial charge in [-0.15, -0.1) is 0 Å². The van der Waals surface area contributed by atoms with Gasteiger partial charge in [-0.1, -0.05) is 30.3 Å². The van der Waals surface area contributed by atoms with Gasteiger partial charge in [0.2, 0.25) is 5.82 Å². The molecule has 3 aromatic rings. The molecule has 0 bridgehead atoms. The third-order valence-electron chi connectivity index (χ3n) is 6.82. The summed E-state index contributed by atoms with van der Waals surface area (Å²) in [6.07, 6.45) is 5.18. The van der Waals surface area contributed by atoms with E-state index in [0.717, 1.165) is 36.3 Å². The van der Waals surface area contributed by atoms with Gasteiger partial charge in [0, 0.05) is 69.0 Å². The molecule has 1 aromatic carbocycles. The molecule has 5 rings (SSSR count). The molecular weight excluding hydrogens is 472 g/mol. The van der Waals surface area contributed by atoms with E-state index in [2.05, 4.69) is 48.9 Å². The van der Waals surface area contributed by atoms with Gasteiger partial charge in [0.1, 0.15) is 0 Å². The number of β-amino-alcohol motifs (C(OH)–C–C–N with tert-alkyl or cyclic N) is 1. The summed E-state index contributed by atoms with van der Waals surface area (Å²) in [7, 11) is 1.28. The zero-order valence-corrected chi connectivity index (χ0v) is 20.8. The van der Waals surface area contributed by atoms with Crippen molar-refractivity contribution >= 4 is 12.0 Å². The van der Waals surface area contributed by atoms with Gasteiger partial charge in [-0.2, -0.15) is 0 Å². The average molecular weight is 503 g/mol. The second-order valence-electron chi connectivity index (χ2n) is 9.38. The van der Waals surface area contributed by atoms with Crippen LogP contribution in [0.3, 0.4) is 0 Å². The lowest BCUT2D eigenvalue weighted by atomic mass is 10.00. The molecule has 0 saturated carbocycles. The molecule has 0 radical (unpaired) electrons. The van der Waals surface area contributed by atoms with Crippen LogP contribution in [0.25, 0.3) is 11.1 Å². The number of hydrogen-bond donors (Lipinski definition) is 1. The fourth-order valence-corrected chi connectivity index (χ4v) is 4.83. The molecule has 192 valence electrons. The number of ether oxygens (including phenoxy) is 1. The summed E-state index contributed by atoms with van der Waals surface area (Å²) < 4.78 is 4.62. The molecule has 10 heteroatoms. The molecule has 1 saturated heterocycles. The quantitative estimate of drug-likeness (QED) is 0.466. The summed E-state index contributed by atoms with van der Waals surface area (Å²) in [5, 5.41) is 10.7. The van der Waals surface area contributed by atoms with Gasteiger partial charge in [-0.3, -0.25) is 9.88 Å². The Balaban J connectivity index is 1.12. The predicted octanol–water partition coefficient (Wildman–Crippen LogP) is 1.98. The first kappa shape index (κ1) is 24.8. The summed E-state index contributed by atoms with van der Waals surface area (Å²) in [6, 6.07) is 12.1. The van der Waals surface area contributed by atoms with Gasteiger partial charge >= 0.3 is 12.0 Å². The second kappa shape index (κ2) is 11.0. The lowest BCUT2D eigenvalue weighted by molar-refractivity contribution is 0.0586. The first-order chi connectivity index (χ1) is 18.0. The van der Waals surface area contributed by atoms with Crippen molar-refractivity contribution in [1.82, 2.24) is 29.7 Å². The van der Waals surface area contributed by atoms with E-state index in [0.29, 0.717) is 32.7 Å². The number of amides is 2. The van der Waals surface area contributed by atoms with Crippen LogP contribution >= 0.6 is 0 Å². The third kappa shape index (κ3) is 5.76. The number of aliphatic hydroxyl groups is 1. The van der Waals surface area contributed by atoms with Crippen LogP contribution in [0.5, 0.6) is 0 Å². The number of carbonyl (C=O) groups is 2. The first-order valence-corrected chi connectivity index (χ1v) is 12.4. The van der Waals surface area contributed by atoms with Crippen molar-refractivity contribution in [1.29, 1.82) is 0 Å². The minimum absolute atomic E-state index is 0.000640. The lowest BCUT2D eigenvalue weighted by Gasteiger charge is -2.31. The maximum Gasteiger partial charge on any atom is 0.376 e. The summed E-state index contributed by atoms with van der Waals surface area (Å²) in [5.41, 5.74) is 4.98. The largest absolute Gasteiger partial charge is 0.463 e. The molecule has 4 heterocycles. The van der Waals surface area contributed by atoms with Gasteiger partial charge in [0.05, 0.1) is 25.5 Å². The maximum absolute atomic E-state index is 12.9. The van der Waals surface area contributed by atoms with Crippen molar-refractivity contribution in [3.63, 3.8) is 0 Å². The summed E-state index contributed by atoms with van der Waals surface area (Å²) in [4.78, 5) is 42.7. The number of fused-ring (bicyclic) bond motifs is 1. The minimum Gasteiger partial charge on any atom is -0.463 e. The Morgan fingerprint density at radius 1 is 0.946 bits per heavy atom. The molecule has 1 atom stereocenters. The summed E-state index contributed by atoms with van der Waals surface area (Å²) in [6.45, 7) is 4.18. The van der Waals surface area contributed by atoms with Crippen LogP contribution in [0.2, 0.25) is 0 Å². The highest BCUT2D eigenvalue weighted by atomic mass is 16.5. The Kier molecular flexibility index (Phi) is 7.38. The zero-order valence-electron chi connectivity index (χ0n) is 20.8. The number of aliphatic hydroxyl groups excluding tert-OH is 1. The Morgan fingerprint density at radius 2 is 1.68 bits per heavy atom. The number of rotatable bonds is 8. The lowest BCUT2D eigenvalue weighted by Crippen LogP contribution is -2.43. The van der Waals surface area contributed by atoms with E-state index in [9.17, 15) is 14.7 Å². The molecule has 0 aliphatic carbocycles. The predicted molar refractivity (Wildman–Crippen MR) is 135 cm³/mol. The van der Waals surface area contributed by atoms with Crippen molar-refractivity contribution in [3.8, 4) is 11.1 Å². The molecule has 10 nitrogen and oxygen atoms in total. The van der Waals surface area contributed by atoms with Crippen molar-refractivity contribution < 1.29 is 19.4 Å². The number of benzene rings is 1. The number of hydrogen-bond acceptors (Lipinski definition) is 8. The number of carbonyl (C=O) groups excluding carboxylic acids is 2. The van der Waals surface area contributed by atoms with Crippen LogP contribution in [0, 0.1) is 0 Å². The first-order valence-electron chi connectivity index (χ1n) is 12.4. The number of methoxy groups -OCH3 is 1. The number of urea groups is 1. The molecule has 37 heavy (non-hydrogen) atoms. The van der Waals surface area contributed by atoms with Crippen molar-refractivity contribution in [2.45, 2.75) is 25.6 Å². The van der Waals surface area contributed by atoms with E-state index in [1.54, 1.807) is 28.4 Å². The molecule has 1 fully saturated rings. The van der Waals surface area contributed by atoms with Crippen LogP contribution in [-0.2, 0) is 24.2 Å². The van der Waals surface area contributed by atoms with Crippen LogP contribution in [0.4, 0.5) is 4.79 Å². The van der Waals surface area contributed by atoms with E-state index in [1.165, 1.54) is 18.2 Å². The van der Waals surface area contributed by atoms with E-state index < -0.39 is 12.1 Å². The Hall–Kier alpha value is -3.89. The normalized spacial score (nSPS) is 16.5. The van der Waals surface area contributed by atoms with Gasteiger partial charge < -0.3 is 19.6 Å². The second-order valence-corrected chi connectivity index (χ2v) is 9.38. The Labute approximate surface area is 215 Å². The van der Waals surface area contributed by atoms with Crippen molar-refractivity contribution in [3.05, 3.63) is 77.6 Å². The average Bonchev–Trinajstić information content (AvgIpc) is 3.26. The van der Waals surface area contributed by atoms with E-state index in [4.69, 9.17) is 0 Å². The molecule has 1 N–H and O–H groups in total. The standard InChI is InChI=1S/C27H30N6O4/c1-37-26(35)25-29-13-22(14-30-25)20-6-7-23(28-12-20)16-32-10-11-33(27(32)36)18-24(34)17-31-9-8-19-4-2-3-5-21(19)15-31/h2-7,12-14,24,34H,8-11,15-18H2,1H3/t24-/m1/s1. The van der Waals surface area contributed by atoms with Gasteiger partial charge in [0.15, 0.2) is 0 Å². The maximum atomic E-state index is 12.9. The smallest absolute Gasteiger partial charge is 0.376 e. The SMILES string of the molecule is COC(=O)c1ncc(-c2ccc(CN3CCN(C[C@H](O)CN4CCc5ccccc5C4)C3=O)nc2)cn1. The molecule has 2 amide bonds. The highest BCUT2D eigenvalue weighted by Gasteiger charge is 2.30. The minimum atomic E-state index is -0.598. The molecular formula is C27H30N6O4. The summed E-state index contributed by atoms with van der Waals surface area (Å²) in [5.74, 6) is -0.589. The fourth-order valence-electron chi connectivity index (χ4n) is 4.83. The van der Waals surface area contributed by atoms with Crippen LogP contribution in [0.15, 0.2) is 55.0 Å². The topological polar surface area (TPSA) is 112 Å². The number of nitrogens with zero attached hydrogens (tertiary/aromatic N) is 6. The molecule has 0 spiro atoms. The van der Waals surface area contributed by atoms with E-state index in [-0.39, 0.29) is 11.9 Å². The number of esters is 1. The molecule has 2 aliphatic rings. The highest BCUT2D eigenvalue weighted by molar-refractivity contribution is 5.85. The van der Waals surface area contributed by atoms with E-state index in [1.807, 2.05) is 12.1 Å². The van der Waals surface area contributed by atoms with Gasteiger partial charge in [0.25, 0.3) is 0 Å². The van der Waals surface area contributed by atoms with E-state index >= 15 is 0 Å². The molecule has 2 aromatic heterocycles. The van der Waals surface area contributed by atoms with Crippen LogP contribution in [-0.4, -0.2) is 92.7 Å². The molecule has 0 unspecified atom stereocenters. The monoisotopic (exact) mass is 502 g/mol. The van der Waals surface area contributed by atoms with Crippen molar-refractivity contribution in [2.24, 2.45) is 0 Å². The number of aromatic nitrogens is 3. The van der Waals surface area contributed by atoms with Crippen molar-refractivity contribution in [2.75, 3.05) is 39.8 Å². The molecule has 2 aliphatic heterocycles. The number of pyridine rings is 1. The van der Waals surface area contributed by atoms with Crippen LogP contribution < -0.4 is 0 Å². The highest BCUT2D eigenvalue weighted by Crippen LogP contribution is 2.20. The summed E-state index contributed by atoms with van der Waals surface area (Å²) >= 11 is 0. The van der Waals surface area contributed by atoms with Gasteiger partial charge in [-0.25, -0.2) is 19.6 Å². The Bertz CT molecular complexity index is 1250. The zero-order chi connectivity index (χ0) is 25.8. The fraction of sp³-hybridized carbons (Fsp3) is 0.370.